The summed E-state index contributed by atoms with van der Waals surface area (Å²) in [6.07, 6.45) is -1.30. The van der Waals surface area contributed by atoms with Gasteiger partial charge in [-0.3, -0.25) is 4.57 Å². The molecule has 0 saturated carbocycles. The van der Waals surface area contributed by atoms with Crippen molar-refractivity contribution in [3.05, 3.63) is 103 Å². The first-order chi connectivity index (χ1) is 31.2. The molecule has 1 atom stereocenters. The van der Waals surface area contributed by atoms with Crippen LogP contribution in [0.25, 0.3) is 10.8 Å². The molecule has 0 bridgehead atoms. The lowest BCUT2D eigenvalue weighted by molar-refractivity contribution is -0.432. The van der Waals surface area contributed by atoms with Crippen LogP contribution in [-0.2, 0) is 13.9 Å². The maximum atomic E-state index is 11.7. The van der Waals surface area contributed by atoms with Crippen molar-refractivity contribution >= 4 is 87.2 Å². The molecule has 0 aliphatic carbocycles. The van der Waals surface area contributed by atoms with Crippen molar-refractivity contribution < 1.29 is 73.1 Å². The number of hydrogen-bond acceptors (Lipinski definition) is 20. The highest BCUT2D eigenvalue weighted by atomic mass is 32.2. The van der Waals surface area contributed by atoms with Gasteiger partial charge in [0, 0.05) is 41.0 Å². The Morgan fingerprint density at radius 3 is 1.88 bits per heavy atom. The van der Waals surface area contributed by atoms with Crippen molar-refractivity contribution in [1.29, 1.82) is 0 Å². The number of nitrogens with one attached hydrogen (secondary N) is 1. The lowest BCUT2D eigenvalue weighted by Gasteiger charge is -2.14. The van der Waals surface area contributed by atoms with Gasteiger partial charge in [0.15, 0.2) is 5.75 Å². The predicted molar refractivity (Wildman–Crippen MR) is 235 cm³/mol. The van der Waals surface area contributed by atoms with Gasteiger partial charge >= 0.3 is 13.6 Å². The minimum Gasteiger partial charge on any atom is -0.505 e. The Hall–Kier alpha value is -7.05. The number of carbonyl (C=O) groups is 1. The number of fused-ring (bicyclic) bond motifs is 1. The SMILES string of the molecule is COc1cc(N=Nc2cc(OCC(O)CO)c(N=Nc3c(SOOO)cc4ccc(Nc5ccc(C(=O)O)cc5)cc4c3O)cc2OC)c(OC)cc1N=Nc1cccc(P(=O)(O)O)c1. The van der Waals surface area contributed by atoms with Crippen molar-refractivity contribution in [1.82, 2.24) is 0 Å². The van der Waals surface area contributed by atoms with Crippen LogP contribution < -0.4 is 29.6 Å². The van der Waals surface area contributed by atoms with Crippen LogP contribution in [0.3, 0.4) is 0 Å². The van der Waals surface area contributed by atoms with Gasteiger partial charge < -0.3 is 54.5 Å². The zero-order chi connectivity index (χ0) is 46.7. The molecule has 0 spiro atoms. The number of rotatable bonds is 20. The first-order valence-corrected chi connectivity index (χ1v) is 21.0. The molecule has 0 heterocycles. The summed E-state index contributed by atoms with van der Waals surface area (Å²) in [5.41, 5.74) is 1.69. The maximum absolute atomic E-state index is 11.7. The van der Waals surface area contributed by atoms with Crippen LogP contribution in [0.5, 0.6) is 28.7 Å². The van der Waals surface area contributed by atoms with Gasteiger partial charge in [0.25, 0.3) is 0 Å². The van der Waals surface area contributed by atoms with Gasteiger partial charge in [-0.15, -0.1) is 29.9 Å². The number of phenols is 1. The summed E-state index contributed by atoms with van der Waals surface area (Å²) in [6.45, 7) is -1.02. The Balaban J connectivity index is 1.36. The molecule has 8 N–H and O–H groups in total. The lowest BCUT2D eigenvalue weighted by atomic mass is 10.1. The number of nitrogens with zero attached hydrogens (tertiary/aromatic N) is 6. The van der Waals surface area contributed by atoms with E-state index in [1.54, 1.807) is 36.4 Å². The molecule has 22 nitrogen and oxygen atoms in total. The number of anilines is 2. The first kappa shape index (κ1) is 47.4. The largest absolute Gasteiger partial charge is 0.505 e. The molecule has 65 heavy (non-hydrogen) atoms. The third-order valence-electron chi connectivity index (χ3n) is 8.97. The Labute approximate surface area is 372 Å². The number of carboxylic acids is 1. The molecule has 6 rings (SSSR count). The quantitative estimate of drug-likeness (QED) is 0.0116. The number of ether oxygens (including phenoxy) is 4. The normalized spacial score (nSPS) is 12.3. The number of hydrogen-bond donors (Lipinski definition) is 8. The zero-order valence-electron chi connectivity index (χ0n) is 34.2. The molecule has 0 aliphatic heterocycles. The lowest BCUT2D eigenvalue weighted by Crippen LogP contribution is -2.21. The molecule has 6 aromatic rings. The number of aromatic hydroxyl groups is 1. The number of aliphatic hydroxyl groups is 2. The molecule has 1 unspecified atom stereocenters. The monoisotopic (exact) mass is 931 g/mol. The summed E-state index contributed by atoms with van der Waals surface area (Å²) >= 11 is 0.517. The summed E-state index contributed by atoms with van der Waals surface area (Å²) in [4.78, 5) is 30.5. The molecule has 0 aliphatic rings. The van der Waals surface area contributed by atoms with Crippen LogP contribution in [0.1, 0.15) is 10.4 Å². The van der Waals surface area contributed by atoms with Crippen molar-refractivity contribution in [2.75, 3.05) is 39.9 Å². The average Bonchev–Trinajstić information content (AvgIpc) is 3.31. The molecule has 24 heteroatoms. The number of aromatic carboxylic acids is 1. The fraction of sp³-hybridized carbons (Fsp3) is 0.146. The summed E-state index contributed by atoms with van der Waals surface area (Å²) in [6, 6.07) is 23.8. The van der Waals surface area contributed by atoms with Gasteiger partial charge in [-0.2, -0.15) is 5.11 Å². The number of phenolic OH excluding ortho intramolecular Hbond substituents is 1. The minimum absolute atomic E-state index is 0.00114. The minimum atomic E-state index is -4.53. The van der Waals surface area contributed by atoms with Crippen molar-refractivity contribution in [3.63, 3.8) is 0 Å². The summed E-state index contributed by atoms with van der Waals surface area (Å²) in [5, 5.41) is 82.5. The van der Waals surface area contributed by atoms with Crippen LogP contribution in [0.15, 0.2) is 133 Å². The molecule has 0 aromatic heterocycles. The van der Waals surface area contributed by atoms with Crippen LogP contribution in [-0.4, -0.2) is 82.1 Å². The molecule has 0 amide bonds. The number of carboxylic acid groups (broad SMARTS) is 1. The number of azo groups is 3. The summed E-state index contributed by atoms with van der Waals surface area (Å²) in [7, 11) is -0.416. The van der Waals surface area contributed by atoms with Gasteiger partial charge in [0.05, 0.1) is 61.4 Å². The Kier molecular flexibility index (Phi) is 15.7. The summed E-state index contributed by atoms with van der Waals surface area (Å²) in [5.74, 6) is -0.988. The van der Waals surface area contributed by atoms with E-state index in [1.165, 1.54) is 82.0 Å². The molecule has 6 aromatic carbocycles. The van der Waals surface area contributed by atoms with Gasteiger partial charge in [-0.05, 0) is 66.0 Å². The number of benzene rings is 6. The molecular weight excluding hydrogens is 894 g/mol. The van der Waals surface area contributed by atoms with Crippen LogP contribution in [0, 0.1) is 0 Å². The van der Waals surface area contributed by atoms with E-state index in [2.05, 4.69) is 45.4 Å². The van der Waals surface area contributed by atoms with E-state index in [-0.39, 0.29) is 78.6 Å². The van der Waals surface area contributed by atoms with Crippen molar-refractivity contribution in [2.45, 2.75) is 11.0 Å². The number of aliphatic hydroxyl groups excluding tert-OH is 2. The molecule has 0 radical (unpaired) electrons. The Bertz CT molecular complexity index is 2830. The smallest absolute Gasteiger partial charge is 0.356 e. The van der Waals surface area contributed by atoms with E-state index >= 15 is 0 Å². The summed E-state index contributed by atoms with van der Waals surface area (Å²) < 4.78 is 38.9. The highest BCUT2D eigenvalue weighted by Gasteiger charge is 2.20. The molecule has 0 saturated heterocycles. The second-order valence-corrected chi connectivity index (χ2v) is 15.6. The zero-order valence-corrected chi connectivity index (χ0v) is 35.9. The van der Waals surface area contributed by atoms with E-state index in [0.717, 1.165) is 0 Å². The fourth-order valence-corrected chi connectivity index (χ4v) is 6.86. The number of methoxy groups -OCH3 is 3. The van der Waals surface area contributed by atoms with Crippen LogP contribution >= 0.6 is 19.6 Å². The maximum Gasteiger partial charge on any atom is 0.356 e. The van der Waals surface area contributed by atoms with Crippen molar-refractivity contribution in [3.8, 4) is 28.7 Å². The van der Waals surface area contributed by atoms with E-state index in [1.807, 2.05) is 0 Å². The Morgan fingerprint density at radius 1 is 0.738 bits per heavy atom. The van der Waals surface area contributed by atoms with E-state index in [9.17, 15) is 39.6 Å². The standard InChI is InChI=1S/C41H38N7O15PS/c1-58-34-17-31(35(59-2)16-30(34)44-43-26-5-4-6-28(14-26)64(55,56)57)45-46-32-19-37(61-21-27(50)20-49)33(18-36(32)60-3)47-48-39-38(65-63-62-54)13-23-9-12-25(15-29(23)40(39)51)42-24-10-7-22(8-11-24)41(52)53/h4-19,27,42,49-51,54H,20-21H2,1-3H3,(H,52,53)(H2,55,56,57). The van der Waals surface area contributed by atoms with E-state index < -0.39 is 32.9 Å². The van der Waals surface area contributed by atoms with Gasteiger partial charge in [0.2, 0.25) is 0 Å². The third-order valence-corrected chi connectivity index (χ3v) is 10.5. The fourth-order valence-electron chi connectivity index (χ4n) is 5.79. The molecule has 0 fully saturated rings. The van der Waals surface area contributed by atoms with Gasteiger partial charge in [-0.1, -0.05) is 17.2 Å². The highest BCUT2D eigenvalue weighted by molar-refractivity contribution is 7.94. The topological polar surface area (TPSA) is 317 Å². The van der Waals surface area contributed by atoms with Gasteiger partial charge in [-0.25, -0.2) is 10.1 Å². The third kappa shape index (κ3) is 12.0. The molecular formula is C41H38N7O15PS. The van der Waals surface area contributed by atoms with Crippen LogP contribution in [0.4, 0.5) is 45.5 Å². The first-order valence-electron chi connectivity index (χ1n) is 18.6. The average molecular weight is 932 g/mol. The predicted octanol–water partition coefficient (Wildman–Crippen LogP) is 9.22. The second-order valence-electron chi connectivity index (χ2n) is 13.2. The molecule has 338 valence electrons. The van der Waals surface area contributed by atoms with Gasteiger partial charge in [0.1, 0.15) is 64.1 Å². The Morgan fingerprint density at radius 2 is 1.31 bits per heavy atom. The van der Waals surface area contributed by atoms with Crippen molar-refractivity contribution in [2.24, 2.45) is 30.7 Å². The van der Waals surface area contributed by atoms with Crippen LogP contribution in [0.2, 0.25) is 0 Å². The van der Waals surface area contributed by atoms with E-state index in [0.29, 0.717) is 34.2 Å². The van der Waals surface area contributed by atoms with E-state index in [4.69, 9.17) is 24.2 Å². The highest BCUT2D eigenvalue weighted by Crippen LogP contribution is 2.48. The second kappa shape index (κ2) is 21.6.